The fraction of sp³-hybridized carbons (Fsp3) is 0.278. The third kappa shape index (κ3) is 3.66. The molecule has 1 amide bonds. The predicted octanol–water partition coefficient (Wildman–Crippen LogP) is 1.63. The lowest BCUT2D eigenvalue weighted by Gasteiger charge is -2.35. The summed E-state index contributed by atoms with van der Waals surface area (Å²) >= 11 is 0. The quantitative estimate of drug-likeness (QED) is 0.895. The minimum atomic E-state index is -3.36. The summed E-state index contributed by atoms with van der Waals surface area (Å²) in [4.78, 5) is 14.6. The van der Waals surface area contributed by atoms with E-state index in [1.807, 2.05) is 35.2 Å². The molecule has 0 saturated carbocycles. The Kier molecular flexibility index (Phi) is 4.97. The maximum atomic E-state index is 12.5. The first-order valence-corrected chi connectivity index (χ1v) is 9.58. The van der Waals surface area contributed by atoms with E-state index >= 15 is 0 Å². The Morgan fingerprint density at radius 1 is 1.00 bits per heavy atom. The molecule has 24 heavy (non-hydrogen) atoms. The van der Waals surface area contributed by atoms with Crippen molar-refractivity contribution in [2.24, 2.45) is 0 Å². The highest BCUT2D eigenvalue weighted by atomic mass is 32.2. The number of piperazine rings is 1. The second-order valence-corrected chi connectivity index (χ2v) is 7.88. The Labute approximate surface area is 142 Å². The Bertz CT molecular complexity index is 792. The van der Waals surface area contributed by atoms with Crippen molar-refractivity contribution in [3.05, 3.63) is 66.2 Å². The zero-order valence-corrected chi connectivity index (χ0v) is 14.1. The largest absolute Gasteiger partial charge is 0.353 e. The fourth-order valence-electron chi connectivity index (χ4n) is 2.94. The van der Waals surface area contributed by atoms with Crippen LogP contribution < -0.4 is 5.32 Å². The number of nitrogens with zero attached hydrogens (tertiary/aromatic N) is 1. The van der Waals surface area contributed by atoms with Crippen molar-refractivity contribution in [3.8, 4) is 0 Å². The Morgan fingerprint density at radius 2 is 1.62 bits per heavy atom. The van der Waals surface area contributed by atoms with Gasteiger partial charge in [0.05, 0.1) is 10.6 Å². The summed E-state index contributed by atoms with van der Waals surface area (Å²) < 4.78 is 24.9. The lowest BCUT2D eigenvalue weighted by Crippen LogP contribution is -2.51. The Hall–Kier alpha value is -2.18. The molecule has 2 aromatic rings. The Morgan fingerprint density at radius 3 is 2.29 bits per heavy atom. The standard InChI is InChI=1S/C18H20N2O3S/c21-18-17(15-7-3-1-4-8-15)20(12-11-19-18)13-14-24(22,23)16-9-5-2-6-10-16/h1-10,17H,11-14H2,(H,19,21)/t17-/m0/s1. The summed E-state index contributed by atoms with van der Waals surface area (Å²) in [7, 11) is -3.36. The van der Waals surface area contributed by atoms with Crippen molar-refractivity contribution in [3.63, 3.8) is 0 Å². The van der Waals surface area contributed by atoms with E-state index < -0.39 is 15.9 Å². The van der Waals surface area contributed by atoms with Gasteiger partial charge < -0.3 is 5.32 Å². The van der Waals surface area contributed by atoms with Crippen molar-refractivity contribution < 1.29 is 13.2 Å². The molecule has 0 unspecified atom stereocenters. The first kappa shape index (κ1) is 16.7. The zero-order valence-electron chi connectivity index (χ0n) is 13.3. The highest BCUT2D eigenvalue weighted by molar-refractivity contribution is 7.91. The van der Waals surface area contributed by atoms with Crippen LogP contribution in [0, 0.1) is 0 Å². The predicted molar refractivity (Wildman–Crippen MR) is 92.3 cm³/mol. The van der Waals surface area contributed by atoms with E-state index in [1.165, 1.54) is 0 Å². The lowest BCUT2D eigenvalue weighted by atomic mass is 10.0. The second kappa shape index (κ2) is 7.15. The molecule has 6 heteroatoms. The van der Waals surface area contributed by atoms with Crippen LogP contribution in [0.2, 0.25) is 0 Å². The van der Waals surface area contributed by atoms with Gasteiger partial charge in [0.25, 0.3) is 0 Å². The van der Waals surface area contributed by atoms with Crippen LogP contribution in [0.4, 0.5) is 0 Å². The molecular weight excluding hydrogens is 324 g/mol. The number of carbonyl (C=O) groups excluding carboxylic acids is 1. The molecule has 2 aromatic carbocycles. The van der Waals surface area contributed by atoms with Crippen molar-refractivity contribution in [2.45, 2.75) is 10.9 Å². The van der Waals surface area contributed by atoms with E-state index in [4.69, 9.17) is 0 Å². The molecule has 1 atom stereocenters. The van der Waals surface area contributed by atoms with Gasteiger partial charge in [-0.2, -0.15) is 0 Å². The third-order valence-electron chi connectivity index (χ3n) is 4.18. The monoisotopic (exact) mass is 344 g/mol. The van der Waals surface area contributed by atoms with Gasteiger partial charge in [0.15, 0.2) is 9.84 Å². The van der Waals surface area contributed by atoms with E-state index in [2.05, 4.69) is 5.32 Å². The van der Waals surface area contributed by atoms with Gasteiger partial charge in [0, 0.05) is 19.6 Å². The molecule has 0 radical (unpaired) electrons. The van der Waals surface area contributed by atoms with E-state index in [0.29, 0.717) is 24.5 Å². The molecule has 1 saturated heterocycles. The molecule has 1 aliphatic heterocycles. The van der Waals surface area contributed by atoms with Gasteiger partial charge in [-0.1, -0.05) is 48.5 Å². The number of rotatable bonds is 5. The number of sulfone groups is 1. The summed E-state index contributed by atoms with van der Waals surface area (Å²) in [6.07, 6.45) is 0. The van der Waals surface area contributed by atoms with Crippen LogP contribution in [0.25, 0.3) is 0 Å². The minimum Gasteiger partial charge on any atom is -0.353 e. The van der Waals surface area contributed by atoms with Crippen LogP contribution in [-0.2, 0) is 14.6 Å². The van der Waals surface area contributed by atoms with Gasteiger partial charge in [-0.15, -0.1) is 0 Å². The molecule has 0 aromatic heterocycles. The molecule has 1 N–H and O–H groups in total. The van der Waals surface area contributed by atoms with Crippen molar-refractivity contribution >= 4 is 15.7 Å². The summed E-state index contributed by atoms with van der Waals surface area (Å²) in [5, 5.41) is 2.86. The number of hydrogen-bond acceptors (Lipinski definition) is 4. The van der Waals surface area contributed by atoms with E-state index in [-0.39, 0.29) is 11.7 Å². The van der Waals surface area contributed by atoms with Crippen LogP contribution >= 0.6 is 0 Å². The van der Waals surface area contributed by atoms with Crippen molar-refractivity contribution in [1.82, 2.24) is 10.2 Å². The highest BCUT2D eigenvalue weighted by Gasteiger charge is 2.31. The maximum Gasteiger partial charge on any atom is 0.242 e. The summed E-state index contributed by atoms with van der Waals surface area (Å²) in [6.45, 7) is 1.49. The average Bonchev–Trinajstić information content (AvgIpc) is 2.61. The average molecular weight is 344 g/mol. The smallest absolute Gasteiger partial charge is 0.242 e. The number of nitrogens with one attached hydrogen (secondary N) is 1. The van der Waals surface area contributed by atoms with Crippen molar-refractivity contribution in [2.75, 3.05) is 25.4 Å². The van der Waals surface area contributed by atoms with Gasteiger partial charge in [-0.3, -0.25) is 9.69 Å². The van der Waals surface area contributed by atoms with Crippen molar-refractivity contribution in [1.29, 1.82) is 0 Å². The molecule has 1 fully saturated rings. The van der Waals surface area contributed by atoms with Gasteiger partial charge in [-0.05, 0) is 17.7 Å². The normalized spacial score (nSPS) is 19.0. The molecule has 0 bridgehead atoms. The Balaban J connectivity index is 1.76. The summed E-state index contributed by atoms with van der Waals surface area (Å²) in [6, 6.07) is 17.5. The molecule has 0 aliphatic carbocycles. The lowest BCUT2D eigenvalue weighted by molar-refractivity contribution is -0.129. The van der Waals surface area contributed by atoms with Crippen LogP contribution in [0.3, 0.4) is 0 Å². The topological polar surface area (TPSA) is 66.5 Å². The van der Waals surface area contributed by atoms with Gasteiger partial charge in [0.2, 0.25) is 5.91 Å². The zero-order chi connectivity index (χ0) is 17.0. The molecule has 5 nitrogen and oxygen atoms in total. The van der Waals surface area contributed by atoms with Crippen LogP contribution in [0.1, 0.15) is 11.6 Å². The number of hydrogen-bond donors (Lipinski definition) is 1. The van der Waals surface area contributed by atoms with E-state index in [1.54, 1.807) is 30.3 Å². The number of carbonyl (C=O) groups is 1. The number of benzene rings is 2. The summed E-state index contributed by atoms with van der Waals surface area (Å²) in [5.41, 5.74) is 0.881. The molecular formula is C18H20N2O3S. The van der Waals surface area contributed by atoms with Crippen LogP contribution in [0.15, 0.2) is 65.6 Å². The maximum absolute atomic E-state index is 12.5. The first-order chi connectivity index (χ1) is 11.6. The van der Waals surface area contributed by atoms with Crippen LogP contribution in [-0.4, -0.2) is 44.6 Å². The molecule has 126 valence electrons. The molecule has 1 heterocycles. The van der Waals surface area contributed by atoms with Gasteiger partial charge in [-0.25, -0.2) is 8.42 Å². The van der Waals surface area contributed by atoms with E-state index in [0.717, 1.165) is 5.56 Å². The molecule has 0 spiro atoms. The minimum absolute atomic E-state index is 0.00632. The first-order valence-electron chi connectivity index (χ1n) is 7.92. The SMILES string of the molecule is O=C1NCCN(CCS(=O)(=O)c2ccccc2)[C@H]1c1ccccc1. The number of amides is 1. The third-order valence-corrected chi connectivity index (χ3v) is 5.89. The van der Waals surface area contributed by atoms with Crippen LogP contribution in [0.5, 0.6) is 0 Å². The fourth-order valence-corrected chi connectivity index (χ4v) is 4.22. The van der Waals surface area contributed by atoms with Gasteiger partial charge >= 0.3 is 0 Å². The van der Waals surface area contributed by atoms with Gasteiger partial charge in [0.1, 0.15) is 6.04 Å². The molecule has 1 aliphatic rings. The molecule has 3 rings (SSSR count). The summed E-state index contributed by atoms with van der Waals surface area (Å²) in [5.74, 6) is -0.0854. The van der Waals surface area contributed by atoms with E-state index in [9.17, 15) is 13.2 Å². The highest BCUT2D eigenvalue weighted by Crippen LogP contribution is 2.23. The second-order valence-electron chi connectivity index (χ2n) is 5.77.